The summed E-state index contributed by atoms with van der Waals surface area (Å²) in [5, 5.41) is 30.4. The van der Waals surface area contributed by atoms with Crippen molar-refractivity contribution in [2.45, 2.75) is 81.4 Å². The van der Waals surface area contributed by atoms with Crippen LogP contribution >= 0.6 is 23.2 Å². The molecule has 4 atom stereocenters. The van der Waals surface area contributed by atoms with Crippen LogP contribution in [0.3, 0.4) is 0 Å². The van der Waals surface area contributed by atoms with Crippen molar-refractivity contribution in [2.75, 3.05) is 0 Å². The first kappa shape index (κ1) is 25.8. The van der Waals surface area contributed by atoms with Crippen molar-refractivity contribution in [3.63, 3.8) is 0 Å². The van der Waals surface area contributed by atoms with E-state index in [-0.39, 0.29) is 23.3 Å². The maximum absolute atomic E-state index is 13.9. The Labute approximate surface area is 203 Å². The van der Waals surface area contributed by atoms with E-state index >= 15 is 0 Å². The number of benzene rings is 1. The zero-order valence-corrected chi connectivity index (χ0v) is 20.9. The van der Waals surface area contributed by atoms with Crippen LogP contribution < -0.4 is 0 Å². The minimum absolute atomic E-state index is 0.0956. The first-order valence-corrected chi connectivity index (χ1v) is 11.7. The third-order valence-corrected chi connectivity index (χ3v) is 7.94. The van der Waals surface area contributed by atoms with Gasteiger partial charge < -0.3 is 20.1 Å². The van der Waals surface area contributed by atoms with E-state index in [1.165, 1.54) is 5.57 Å². The van der Waals surface area contributed by atoms with Crippen molar-refractivity contribution in [2.24, 2.45) is 0 Å². The van der Waals surface area contributed by atoms with Gasteiger partial charge >= 0.3 is 0 Å². The number of aliphatic hydroxyl groups excluding tert-OH is 1. The highest BCUT2D eigenvalue weighted by molar-refractivity contribution is 6.46. The molecule has 0 unspecified atom stereocenters. The van der Waals surface area contributed by atoms with E-state index in [1.54, 1.807) is 19.9 Å². The van der Waals surface area contributed by atoms with Crippen LogP contribution in [0.5, 0.6) is 11.5 Å². The zero-order valence-electron chi connectivity index (χ0n) is 19.4. The molecular formula is C25H30Cl2O6. The maximum atomic E-state index is 13.9. The minimum Gasteiger partial charge on any atom is -0.508 e. The molecule has 3 N–H and O–H groups in total. The maximum Gasteiger partial charge on any atom is 0.198 e. The molecule has 1 aromatic carbocycles. The minimum atomic E-state index is -2.27. The van der Waals surface area contributed by atoms with E-state index in [2.05, 4.69) is 6.08 Å². The van der Waals surface area contributed by atoms with E-state index < -0.39 is 44.9 Å². The molecule has 0 bridgehead atoms. The van der Waals surface area contributed by atoms with Gasteiger partial charge in [0.15, 0.2) is 22.0 Å². The Hall–Kier alpha value is -1.86. The topological polar surface area (TPSA) is 104 Å². The number of hydrogen-bond donors (Lipinski definition) is 3. The van der Waals surface area contributed by atoms with Gasteiger partial charge in [-0.25, -0.2) is 0 Å². The smallest absolute Gasteiger partial charge is 0.198 e. The highest BCUT2D eigenvalue weighted by atomic mass is 35.5. The summed E-state index contributed by atoms with van der Waals surface area (Å²) in [4.78, 5) is 25.3. The van der Waals surface area contributed by atoms with Gasteiger partial charge in [0, 0.05) is 18.1 Å². The Morgan fingerprint density at radius 2 is 1.76 bits per heavy atom. The SMILES string of the molecule is CC(C)=CCC/C(C)=C/C[C@]12OC(C)(C)[C@@H](Cl)[C@H](O)[C@@]1(Cl)C(=O)c1c(O)cc(O)cc1C2=O. The van der Waals surface area contributed by atoms with Crippen molar-refractivity contribution < 1.29 is 29.6 Å². The van der Waals surface area contributed by atoms with Gasteiger partial charge in [-0.05, 0) is 53.5 Å². The number of fused-ring (bicyclic) bond motifs is 2. The molecule has 1 saturated heterocycles. The summed E-state index contributed by atoms with van der Waals surface area (Å²) >= 11 is 13.3. The van der Waals surface area contributed by atoms with E-state index in [0.29, 0.717) is 0 Å². The van der Waals surface area contributed by atoms with Crippen LogP contribution in [-0.4, -0.2) is 54.4 Å². The van der Waals surface area contributed by atoms with Gasteiger partial charge in [0.2, 0.25) is 0 Å². The number of allylic oxidation sites excluding steroid dienone is 3. The zero-order chi connectivity index (χ0) is 24.9. The summed E-state index contributed by atoms with van der Waals surface area (Å²) < 4.78 is 6.25. The van der Waals surface area contributed by atoms with Crippen LogP contribution in [0.15, 0.2) is 35.4 Å². The van der Waals surface area contributed by atoms with Gasteiger partial charge in [0.1, 0.15) is 17.6 Å². The third kappa shape index (κ3) is 4.01. The quantitative estimate of drug-likeness (QED) is 0.389. The van der Waals surface area contributed by atoms with E-state index in [0.717, 1.165) is 30.5 Å². The van der Waals surface area contributed by atoms with Crippen LogP contribution in [0.1, 0.15) is 74.6 Å². The van der Waals surface area contributed by atoms with Crippen LogP contribution in [0.4, 0.5) is 0 Å². The van der Waals surface area contributed by atoms with Crippen molar-refractivity contribution in [3.05, 3.63) is 46.6 Å². The fourth-order valence-corrected chi connectivity index (χ4v) is 5.37. The van der Waals surface area contributed by atoms with Gasteiger partial charge in [-0.1, -0.05) is 23.3 Å². The first-order valence-electron chi connectivity index (χ1n) is 10.8. The number of carbonyl (C=O) groups excluding carboxylic acids is 2. The number of aromatic hydroxyl groups is 2. The Morgan fingerprint density at radius 1 is 1.12 bits per heavy atom. The van der Waals surface area contributed by atoms with Gasteiger partial charge in [-0.15, -0.1) is 23.2 Å². The number of ketones is 2. The lowest BCUT2D eigenvalue weighted by atomic mass is 9.62. The predicted octanol–water partition coefficient (Wildman–Crippen LogP) is 5.05. The van der Waals surface area contributed by atoms with Gasteiger partial charge in [-0.2, -0.15) is 0 Å². The summed E-state index contributed by atoms with van der Waals surface area (Å²) in [6.07, 6.45) is 3.66. The lowest BCUT2D eigenvalue weighted by Crippen LogP contribution is -2.78. The molecule has 1 aliphatic heterocycles. The molecule has 1 heterocycles. The normalized spacial score (nSPS) is 31.1. The first-order chi connectivity index (χ1) is 15.2. The highest BCUT2D eigenvalue weighted by Gasteiger charge is 2.74. The number of carbonyl (C=O) groups is 2. The molecule has 3 rings (SSSR count). The Bertz CT molecular complexity index is 1060. The fourth-order valence-electron chi connectivity index (χ4n) is 4.65. The molecule has 0 aromatic heterocycles. The Morgan fingerprint density at radius 3 is 2.36 bits per heavy atom. The van der Waals surface area contributed by atoms with Crippen LogP contribution in [0.25, 0.3) is 0 Å². The number of halogens is 2. The molecule has 1 aliphatic carbocycles. The monoisotopic (exact) mass is 496 g/mol. The van der Waals surface area contributed by atoms with E-state index in [1.807, 2.05) is 20.8 Å². The molecule has 0 saturated carbocycles. The number of Topliss-reactive ketones (excluding diaryl/α,β-unsaturated/α-hetero) is 2. The molecule has 33 heavy (non-hydrogen) atoms. The number of alkyl halides is 2. The van der Waals surface area contributed by atoms with Crippen LogP contribution in [-0.2, 0) is 4.74 Å². The van der Waals surface area contributed by atoms with E-state index in [9.17, 15) is 24.9 Å². The van der Waals surface area contributed by atoms with Crippen molar-refractivity contribution in [1.82, 2.24) is 0 Å². The van der Waals surface area contributed by atoms with Crippen LogP contribution in [0.2, 0.25) is 0 Å². The molecule has 0 radical (unpaired) electrons. The fraction of sp³-hybridized carbons (Fsp3) is 0.520. The predicted molar refractivity (Wildman–Crippen MR) is 128 cm³/mol. The molecule has 180 valence electrons. The Kier molecular flexibility index (Phi) is 6.82. The molecule has 0 amide bonds. The lowest BCUT2D eigenvalue weighted by molar-refractivity contribution is -0.188. The van der Waals surface area contributed by atoms with Gasteiger partial charge in [0.25, 0.3) is 0 Å². The molecule has 0 spiro atoms. The summed E-state index contributed by atoms with van der Waals surface area (Å²) in [6, 6.07) is 2.05. The van der Waals surface area contributed by atoms with Crippen molar-refractivity contribution in [1.29, 1.82) is 0 Å². The molecule has 6 nitrogen and oxygen atoms in total. The summed E-state index contributed by atoms with van der Waals surface area (Å²) in [5.74, 6) is -2.57. The second-order valence-electron chi connectivity index (χ2n) is 9.71. The number of aliphatic hydroxyl groups is 1. The van der Waals surface area contributed by atoms with Gasteiger partial charge in [-0.3, -0.25) is 9.59 Å². The number of phenols is 2. The molecule has 8 heteroatoms. The van der Waals surface area contributed by atoms with Crippen molar-refractivity contribution in [3.8, 4) is 11.5 Å². The molecule has 1 fully saturated rings. The number of ether oxygens (including phenoxy) is 1. The number of hydrogen-bond acceptors (Lipinski definition) is 6. The average Bonchev–Trinajstić information content (AvgIpc) is 2.71. The largest absolute Gasteiger partial charge is 0.508 e. The number of phenolic OH excluding ortho intramolecular Hbond substituents is 2. The van der Waals surface area contributed by atoms with E-state index in [4.69, 9.17) is 27.9 Å². The van der Waals surface area contributed by atoms with Crippen LogP contribution in [0, 0.1) is 0 Å². The summed E-state index contributed by atoms with van der Waals surface area (Å²) in [5.41, 5.74) is -1.63. The average molecular weight is 497 g/mol. The second-order valence-corrected chi connectivity index (χ2v) is 10.8. The second kappa shape index (κ2) is 8.73. The van der Waals surface area contributed by atoms with Gasteiger partial charge in [0.05, 0.1) is 16.5 Å². The number of rotatable bonds is 5. The molecular weight excluding hydrogens is 467 g/mol. The Balaban J connectivity index is 2.20. The highest BCUT2D eigenvalue weighted by Crippen LogP contribution is 2.56. The summed E-state index contributed by atoms with van der Waals surface area (Å²) in [7, 11) is 0. The van der Waals surface area contributed by atoms with Crippen molar-refractivity contribution >= 4 is 34.8 Å². The third-order valence-electron chi connectivity index (χ3n) is 6.47. The standard InChI is InChI=1S/C25H30Cl2O6/c1-13(2)7-6-8-14(3)9-10-24-20(30)16-11-15(28)12-17(29)18(16)21(31)25(24,27)22(32)19(26)23(4,5)33-24/h7,9,11-12,19,22,28-29,32H,6,8,10H2,1-5H3/b14-9+/t19-,22-,24+,25-/m0/s1. The molecule has 2 aliphatic rings. The lowest BCUT2D eigenvalue weighted by Gasteiger charge is -2.58. The summed E-state index contributed by atoms with van der Waals surface area (Å²) in [6.45, 7) is 9.16. The molecule has 1 aromatic rings.